The van der Waals surface area contributed by atoms with Gasteiger partial charge in [-0.1, -0.05) is 12.1 Å². The number of anilines is 1. The van der Waals surface area contributed by atoms with E-state index in [0.29, 0.717) is 0 Å². The summed E-state index contributed by atoms with van der Waals surface area (Å²) in [6.07, 6.45) is 1.50. The van der Waals surface area contributed by atoms with Gasteiger partial charge in [-0.15, -0.1) is 0 Å². The Morgan fingerprint density at radius 3 is 2.48 bits per heavy atom. The highest BCUT2D eigenvalue weighted by Gasteiger charge is 2.16. The lowest BCUT2D eigenvalue weighted by atomic mass is 10.00. The van der Waals surface area contributed by atoms with Crippen LogP contribution in [-0.4, -0.2) is 26.2 Å². The van der Waals surface area contributed by atoms with Gasteiger partial charge in [0.15, 0.2) is 12.0 Å². The number of nitrogens with zero attached hydrogens (tertiary/aromatic N) is 2. The Balaban J connectivity index is 2.23. The fraction of sp³-hybridized carbons (Fsp3) is 0.235. The van der Waals surface area contributed by atoms with Crippen molar-refractivity contribution in [3.63, 3.8) is 0 Å². The summed E-state index contributed by atoms with van der Waals surface area (Å²) in [7, 11) is 5.69. The first-order chi connectivity index (χ1) is 10.1. The molecule has 21 heavy (non-hydrogen) atoms. The van der Waals surface area contributed by atoms with Crippen LogP contribution in [-0.2, 0) is 0 Å². The van der Waals surface area contributed by atoms with Crippen LogP contribution in [0.25, 0.3) is 22.2 Å². The third kappa shape index (κ3) is 2.23. The smallest absolute Gasteiger partial charge is 0.182 e. The molecule has 3 rings (SSSR count). The number of methoxy groups -OCH3 is 1. The molecular weight excluding hydrogens is 264 g/mol. The molecule has 1 aromatic heterocycles. The van der Waals surface area contributed by atoms with Crippen molar-refractivity contribution in [1.29, 1.82) is 0 Å². The van der Waals surface area contributed by atoms with Crippen LogP contribution in [0.5, 0.6) is 5.75 Å². The lowest BCUT2D eigenvalue weighted by Gasteiger charge is -2.17. The van der Waals surface area contributed by atoms with Crippen LogP contribution in [0, 0.1) is 6.92 Å². The first kappa shape index (κ1) is 13.5. The van der Waals surface area contributed by atoms with E-state index in [1.165, 1.54) is 6.39 Å². The second kappa shape index (κ2) is 5.13. The molecule has 0 aliphatic heterocycles. The van der Waals surface area contributed by atoms with Crippen molar-refractivity contribution in [2.75, 3.05) is 26.1 Å². The van der Waals surface area contributed by atoms with E-state index in [1.807, 2.05) is 38.4 Å². The van der Waals surface area contributed by atoms with Gasteiger partial charge in [-0.3, -0.25) is 0 Å². The van der Waals surface area contributed by atoms with Crippen molar-refractivity contribution in [2.45, 2.75) is 6.92 Å². The Labute approximate surface area is 124 Å². The zero-order chi connectivity index (χ0) is 15.0. The number of aromatic nitrogens is 1. The molecule has 0 aliphatic rings. The molecule has 0 saturated heterocycles. The summed E-state index contributed by atoms with van der Waals surface area (Å²) in [5.74, 6) is 0.844. The van der Waals surface area contributed by atoms with E-state index >= 15 is 0 Å². The second-order valence-corrected chi connectivity index (χ2v) is 5.24. The molecule has 0 saturated carbocycles. The molecule has 0 fully saturated rings. The molecule has 0 aliphatic carbocycles. The van der Waals surface area contributed by atoms with Crippen LogP contribution in [0.4, 0.5) is 5.69 Å². The SMILES string of the molecule is COc1ccc(-c2cc(C)c(N(C)C)c3ocnc23)cc1. The van der Waals surface area contributed by atoms with Gasteiger partial charge < -0.3 is 14.1 Å². The van der Waals surface area contributed by atoms with Crippen LogP contribution in [0.1, 0.15) is 5.56 Å². The first-order valence-corrected chi connectivity index (χ1v) is 6.80. The van der Waals surface area contributed by atoms with Crippen LogP contribution < -0.4 is 9.64 Å². The Morgan fingerprint density at radius 1 is 1.14 bits per heavy atom. The first-order valence-electron chi connectivity index (χ1n) is 6.80. The van der Waals surface area contributed by atoms with Crippen LogP contribution in [0.15, 0.2) is 41.1 Å². The monoisotopic (exact) mass is 282 g/mol. The molecular formula is C17H18N2O2. The number of aryl methyl sites for hydroxylation is 1. The van der Waals surface area contributed by atoms with Crippen molar-refractivity contribution in [1.82, 2.24) is 4.98 Å². The average molecular weight is 282 g/mol. The Kier molecular flexibility index (Phi) is 3.29. The summed E-state index contributed by atoms with van der Waals surface area (Å²) < 4.78 is 10.8. The number of oxazole rings is 1. The number of hydrogen-bond acceptors (Lipinski definition) is 4. The van der Waals surface area contributed by atoms with Crippen molar-refractivity contribution >= 4 is 16.8 Å². The minimum Gasteiger partial charge on any atom is -0.497 e. The molecule has 3 aromatic rings. The number of hydrogen-bond donors (Lipinski definition) is 0. The number of ether oxygens (including phenoxy) is 1. The Hall–Kier alpha value is -2.49. The molecule has 108 valence electrons. The van der Waals surface area contributed by atoms with E-state index in [0.717, 1.165) is 39.2 Å². The summed E-state index contributed by atoms with van der Waals surface area (Å²) in [5, 5.41) is 0. The van der Waals surface area contributed by atoms with Gasteiger partial charge in [0.1, 0.15) is 11.3 Å². The van der Waals surface area contributed by atoms with Crippen molar-refractivity contribution < 1.29 is 9.15 Å². The van der Waals surface area contributed by atoms with Crippen LogP contribution in [0.2, 0.25) is 0 Å². The van der Waals surface area contributed by atoms with Crippen LogP contribution in [0.3, 0.4) is 0 Å². The third-order valence-electron chi connectivity index (χ3n) is 3.62. The normalized spacial score (nSPS) is 10.9. The molecule has 0 amide bonds. The van der Waals surface area contributed by atoms with Gasteiger partial charge in [0.05, 0.1) is 12.8 Å². The molecule has 4 nitrogen and oxygen atoms in total. The summed E-state index contributed by atoms with van der Waals surface area (Å²) in [5.41, 5.74) is 6.11. The lowest BCUT2D eigenvalue weighted by molar-refractivity contribution is 0.415. The Bertz CT molecular complexity index is 773. The van der Waals surface area contributed by atoms with Crippen molar-refractivity contribution in [2.24, 2.45) is 0 Å². The third-order valence-corrected chi connectivity index (χ3v) is 3.62. The average Bonchev–Trinajstić information content (AvgIpc) is 2.95. The molecule has 0 unspecified atom stereocenters. The summed E-state index contributed by atoms with van der Waals surface area (Å²) >= 11 is 0. The summed E-state index contributed by atoms with van der Waals surface area (Å²) in [6, 6.07) is 10.1. The summed E-state index contributed by atoms with van der Waals surface area (Å²) in [6.45, 7) is 2.09. The highest BCUT2D eigenvalue weighted by atomic mass is 16.5. The second-order valence-electron chi connectivity index (χ2n) is 5.24. The summed E-state index contributed by atoms with van der Waals surface area (Å²) in [4.78, 5) is 6.45. The van der Waals surface area contributed by atoms with Gasteiger partial charge in [-0.2, -0.15) is 0 Å². The number of benzene rings is 2. The van der Waals surface area contributed by atoms with Gasteiger partial charge in [-0.05, 0) is 36.2 Å². The van der Waals surface area contributed by atoms with E-state index in [4.69, 9.17) is 9.15 Å². The van der Waals surface area contributed by atoms with E-state index in [9.17, 15) is 0 Å². The van der Waals surface area contributed by atoms with E-state index in [1.54, 1.807) is 7.11 Å². The van der Waals surface area contributed by atoms with Gasteiger partial charge in [-0.25, -0.2) is 4.98 Å². The molecule has 0 radical (unpaired) electrons. The van der Waals surface area contributed by atoms with E-state index in [2.05, 4.69) is 22.9 Å². The quantitative estimate of drug-likeness (QED) is 0.730. The zero-order valence-electron chi connectivity index (χ0n) is 12.7. The molecule has 2 aromatic carbocycles. The molecule has 0 N–H and O–H groups in total. The maximum Gasteiger partial charge on any atom is 0.182 e. The predicted octanol–water partition coefficient (Wildman–Crippen LogP) is 3.88. The highest BCUT2D eigenvalue weighted by Crippen LogP contribution is 2.36. The zero-order valence-corrected chi connectivity index (χ0v) is 12.7. The fourth-order valence-corrected chi connectivity index (χ4v) is 2.68. The molecule has 4 heteroatoms. The minimum absolute atomic E-state index is 0.825. The lowest BCUT2D eigenvalue weighted by Crippen LogP contribution is -2.10. The van der Waals surface area contributed by atoms with E-state index < -0.39 is 0 Å². The largest absolute Gasteiger partial charge is 0.497 e. The van der Waals surface area contributed by atoms with Crippen molar-refractivity contribution in [3.05, 3.63) is 42.3 Å². The number of rotatable bonds is 3. The number of fused-ring (bicyclic) bond motifs is 1. The minimum atomic E-state index is 0.825. The standard InChI is InChI=1S/C17H18N2O2/c1-11-9-14(12-5-7-13(20-4)8-6-12)15-17(21-10-18-15)16(11)19(2)3/h5-10H,1-4H3. The maximum atomic E-state index is 5.62. The van der Waals surface area contributed by atoms with Gasteiger partial charge in [0.2, 0.25) is 0 Å². The van der Waals surface area contributed by atoms with Gasteiger partial charge in [0.25, 0.3) is 0 Å². The Morgan fingerprint density at radius 2 is 1.86 bits per heavy atom. The highest BCUT2D eigenvalue weighted by molar-refractivity contribution is 5.99. The van der Waals surface area contributed by atoms with Crippen molar-refractivity contribution in [3.8, 4) is 16.9 Å². The molecule has 0 spiro atoms. The molecule has 0 bridgehead atoms. The molecule has 0 atom stereocenters. The fourth-order valence-electron chi connectivity index (χ4n) is 2.68. The van der Waals surface area contributed by atoms with Gasteiger partial charge in [0, 0.05) is 19.7 Å². The van der Waals surface area contributed by atoms with Gasteiger partial charge >= 0.3 is 0 Å². The topological polar surface area (TPSA) is 38.5 Å². The maximum absolute atomic E-state index is 5.62. The molecule has 1 heterocycles. The van der Waals surface area contributed by atoms with Crippen LogP contribution >= 0.6 is 0 Å². The predicted molar refractivity (Wildman–Crippen MR) is 85.1 cm³/mol. The van der Waals surface area contributed by atoms with E-state index in [-0.39, 0.29) is 0 Å².